The van der Waals surface area contributed by atoms with Crippen molar-refractivity contribution in [2.75, 3.05) is 13.1 Å². The number of allylic oxidation sites excluding steroid dienone is 3. The molecule has 0 N–H and O–H groups in total. The van der Waals surface area contributed by atoms with Gasteiger partial charge in [-0.2, -0.15) is 0 Å². The third-order valence-corrected chi connectivity index (χ3v) is 3.63. The molecule has 1 saturated carbocycles. The van der Waals surface area contributed by atoms with Gasteiger partial charge in [0.05, 0.1) is 0 Å². The Kier molecular flexibility index (Phi) is 3.52. The molecule has 2 unspecified atom stereocenters. The van der Waals surface area contributed by atoms with E-state index in [0.717, 1.165) is 11.8 Å². The zero-order valence-corrected chi connectivity index (χ0v) is 10.6. The van der Waals surface area contributed by atoms with Crippen LogP contribution >= 0.6 is 0 Å². The summed E-state index contributed by atoms with van der Waals surface area (Å²) in [4.78, 5) is 2.43. The quantitative estimate of drug-likeness (QED) is 0.681. The van der Waals surface area contributed by atoms with Crippen LogP contribution in [0.25, 0.3) is 0 Å². The van der Waals surface area contributed by atoms with Gasteiger partial charge >= 0.3 is 0 Å². The van der Waals surface area contributed by atoms with Crippen LogP contribution in [-0.2, 0) is 0 Å². The summed E-state index contributed by atoms with van der Waals surface area (Å²) in [6.45, 7) is 10.6. The Balaban J connectivity index is 0.000000457. The van der Waals surface area contributed by atoms with E-state index in [1.54, 1.807) is 0 Å². The van der Waals surface area contributed by atoms with Gasteiger partial charge in [-0.25, -0.2) is 0 Å². The maximum atomic E-state index is 4.22. The lowest BCUT2D eigenvalue weighted by atomic mass is 10.0. The topological polar surface area (TPSA) is 3.24 Å². The van der Waals surface area contributed by atoms with E-state index in [1.807, 2.05) is 13.8 Å². The molecular weight excluding hydrogens is 194 g/mol. The number of fused-ring (bicyclic) bond motifs is 1. The van der Waals surface area contributed by atoms with Crippen LogP contribution < -0.4 is 0 Å². The Hall–Kier alpha value is -0.980. The lowest BCUT2D eigenvalue weighted by Gasteiger charge is -2.22. The normalized spacial score (nSPS) is 30.1. The standard InChI is InChI=1S/C13H17N.C2H6/c1-10(14-6-2-3-7-14)11-4-5-12-9-13(12)8-11;1-2/h4-5,8,12-13H,1-3,6-7,9H2;1-2H3. The first-order chi connectivity index (χ1) is 7.84. The minimum absolute atomic E-state index is 0.842. The molecule has 0 amide bonds. The summed E-state index contributed by atoms with van der Waals surface area (Å²) in [5, 5.41) is 0. The first-order valence-corrected chi connectivity index (χ1v) is 6.69. The average molecular weight is 217 g/mol. The van der Waals surface area contributed by atoms with E-state index in [-0.39, 0.29) is 0 Å². The van der Waals surface area contributed by atoms with Crippen LogP contribution in [0.5, 0.6) is 0 Å². The highest BCUT2D eigenvalue weighted by Crippen LogP contribution is 2.45. The van der Waals surface area contributed by atoms with Crippen LogP contribution in [0, 0.1) is 11.8 Å². The van der Waals surface area contributed by atoms with E-state index >= 15 is 0 Å². The molecule has 3 aliphatic rings. The Labute approximate surface area is 99.5 Å². The predicted molar refractivity (Wildman–Crippen MR) is 70.1 cm³/mol. The molecule has 0 radical (unpaired) electrons. The lowest BCUT2D eigenvalue weighted by Crippen LogP contribution is -2.19. The van der Waals surface area contributed by atoms with Crippen LogP contribution in [0.15, 0.2) is 36.1 Å². The molecule has 1 heteroatoms. The van der Waals surface area contributed by atoms with Gasteiger partial charge in [-0.3, -0.25) is 0 Å². The summed E-state index contributed by atoms with van der Waals surface area (Å²) in [6, 6.07) is 0. The first kappa shape index (κ1) is 11.5. The van der Waals surface area contributed by atoms with E-state index in [1.165, 1.54) is 43.6 Å². The summed E-state index contributed by atoms with van der Waals surface area (Å²) in [6.07, 6.45) is 11.1. The van der Waals surface area contributed by atoms with Crippen molar-refractivity contribution in [2.45, 2.75) is 33.1 Å². The minimum atomic E-state index is 0.842. The van der Waals surface area contributed by atoms with E-state index in [4.69, 9.17) is 0 Å². The third-order valence-electron chi connectivity index (χ3n) is 3.63. The van der Waals surface area contributed by atoms with Crippen LogP contribution in [0.4, 0.5) is 0 Å². The van der Waals surface area contributed by atoms with Crippen molar-refractivity contribution in [1.82, 2.24) is 4.90 Å². The van der Waals surface area contributed by atoms with Crippen molar-refractivity contribution < 1.29 is 0 Å². The van der Waals surface area contributed by atoms with Gasteiger partial charge < -0.3 is 4.90 Å². The average Bonchev–Trinajstić information content (AvgIpc) is 2.91. The highest BCUT2D eigenvalue weighted by Gasteiger charge is 2.35. The molecule has 0 spiro atoms. The molecule has 0 aromatic carbocycles. The number of hydrogen-bond acceptors (Lipinski definition) is 1. The van der Waals surface area contributed by atoms with E-state index in [0.29, 0.717) is 0 Å². The second-order valence-electron chi connectivity index (χ2n) is 4.69. The van der Waals surface area contributed by atoms with Gasteiger partial charge in [-0.15, -0.1) is 0 Å². The molecule has 1 nitrogen and oxygen atoms in total. The summed E-state index contributed by atoms with van der Waals surface area (Å²) in [5.41, 5.74) is 2.63. The zero-order valence-electron chi connectivity index (χ0n) is 10.6. The van der Waals surface area contributed by atoms with Crippen molar-refractivity contribution in [3.05, 3.63) is 36.1 Å². The fourth-order valence-electron chi connectivity index (χ4n) is 2.52. The second-order valence-corrected chi connectivity index (χ2v) is 4.69. The molecular formula is C15H23N. The molecule has 3 rings (SSSR count). The van der Waals surface area contributed by atoms with E-state index in [2.05, 4.69) is 29.7 Å². The van der Waals surface area contributed by atoms with Crippen LogP contribution in [0.2, 0.25) is 0 Å². The molecule has 0 aromatic rings. The molecule has 1 heterocycles. The van der Waals surface area contributed by atoms with Gasteiger partial charge in [0.15, 0.2) is 0 Å². The highest BCUT2D eigenvalue weighted by molar-refractivity contribution is 5.43. The smallest absolute Gasteiger partial charge is 0.0363 e. The monoisotopic (exact) mass is 217 g/mol. The molecule has 1 saturated heterocycles. The molecule has 2 fully saturated rings. The number of nitrogens with zero attached hydrogens (tertiary/aromatic N) is 1. The maximum Gasteiger partial charge on any atom is 0.0363 e. The van der Waals surface area contributed by atoms with E-state index in [9.17, 15) is 0 Å². The predicted octanol–water partition coefficient (Wildman–Crippen LogP) is 3.75. The van der Waals surface area contributed by atoms with Crippen molar-refractivity contribution >= 4 is 0 Å². The van der Waals surface area contributed by atoms with Crippen molar-refractivity contribution in [3.8, 4) is 0 Å². The molecule has 2 aliphatic carbocycles. The fourth-order valence-corrected chi connectivity index (χ4v) is 2.52. The molecule has 88 valence electrons. The third kappa shape index (κ3) is 2.23. The number of rotatable bonds is 2. The van der Waals surface area contributed by atoms with Gasteiger partial charge in [0.25, 0.3) is 0 Å². The summed E-state index contributed by atoms with van der Waals surface area (Å²) < 4.78 is 0. The summed E-state index contributed by atoms with van der Waals surface area (Å²) in [5.74, 6) is 1.71. The molecule has 1 aliphatic heterocycles. The van der Waals surface area contributed by atoms with Gasteiger partial charge in [-0.05, 0) is 36.7 Å². The van der Waals surface area contributed by atoms with Crippen molar-refractivity contribution in [3.63, 3.8) is 0 Å². The Morgan fingerprint density at radius 2 is 1.94 bits per heavy atom. The number of hydrogen-bond donors (Lipinski definition) is 0. The Morgan fingerprint density at radius 1 is 1.25 bits per heavy atom. The molecule has 0 bridgehead atoms. The van der Waals surface area contributed by atoms with Gasteiger partial charge in [0, 0.05) is 18.8 Å². The lowest BCUT2D eigenvalue weighted by molar-refractivity contribution is 0.437. The van der Waals surface area contributed by atoms with Crippen molar-refractivity contribution in [2.24, 2.45) is 11.8 Å². The molecule has 2 atom stereocenters. The second kappa shape index (κ2) is 4.90. The summed E-state index contributed by atoms with van der Waals surface area (Å²) in [7, 11) is 0. The largest absolute Gasteiger partial charge is 0.372 e. The maximum absolute atomic E-state index is 4.22. The SMILES string of the molecule is C=C(C1=CC2CC2C=C1)N1CCCC1.CC. The number of likely N-dealkylation sites (tertiary alicyclic amines) is 1. The van der Waals surface area contributed by atoms with E-state index < -0.39 is 0 Å². The Morgan fingerprint density at radius 3 is 2.56 bits per heavy atom. The van der Waals surface area contributed by atoms with Crippen LogP contribution in [0.1, 0.15) is 33.1 Å². The highest BCUT2D eigenvalue weighted by atomic mass is 15.1. The molecule has 16 heavy (non-hydrogen) atoms. The van der Waals surface area contributed by atoms with Gasteiger partial charge in [-0.1, -0.05) is 38.7 Å². The van der Waals surface area contributed by atoms with Crippen LogP contribution in [0.3, 0.4) is 0 Å². The van der Waals surface area contributed by atoms with Crippen LogP contribution in [-0.4, -0.2) is 18.0 Å². The molecule has 0 aromatic heterocycles. The minimum Gasteiger partial charge on any atom is -0.372 e. The fraction of sp³-hybridized carbons (Fsp3) is 0.600. The van der Waals surface area contributed by atoms with Crippen molar-refractivity contribution in [1.29, 1.82) is 0 Å². The first-order valence-electron chi connectivity index (χ1n) is 6.69. The summed E-state index contributed by atoms with van der Waals surface area (Å²) >= 11 is 0. The Bertz CT molecular complexity index is 318. The van der Waals surface area contributed by atoms with Gasteiger partial charge in [0.2, 0.25) is 0 Å². The zero-order chi connectivity index (χ0) is 11.5. The van der Waals surface area contributed by atoms with Gasteiger partial charge in [0.1, 0.15) is 0 Å².